The van der Waals surface area contributed by atoms with Crippen LogP contribution in [-0.2, 0) is 4.79 Å². The van der Waals surface area contributed by atoms with Crippen molar-refractivity contribution in [1.29, 1.82) is 0 Å². The van der Waals surface area contributed by atoms with Gasteiger partial charge in [0.2, 0.25) is 5.91 Å². The number of fused-ring (bicyclic) bond motifs is 1. The van der Waals surface area contributed by atoms with Gasteiger partial charge in [0.25, 0.3) is 0 Å². The van der Waals surface area contributed by atoms with Crippen molar-refractivity contribution in [2.24, 2.45) is 9.98 Å². The molecule has 1 amide bonds. The normalized spacial score (nSPS) is 35.9. The van der Waals surface area contributed by atoms with E-state index in [9.17, 15) is 9.18 Å². The number of carbonyl (C=O) groups is 1. The van der Waals surface area contributed by atoms with Gasteiger partial charge in [-0.2, -0.15) is 0 Å². The lowest BCUT2D eigenvalue weighted by molar-refractivity contribution is -0.128. The summed E-state index contributed by atoms with van der Waals surface area (Å²) >= 11 is 6.08. The maximum atomic E-state index is 14.9. The van der Waals surface area contributed by atoms with Gasteiger partial charge in [0.15, 0.2) is 11.5 Å². The lowest BCUT2D eigenvalue weighted by atomic mass is 10.0. The van der Waals surface area contributed by atoms with Gasteiger partial charge in [0.1, 0.15) is 12.3 Å². The number of nitrogens with zero attached hydrogens (tertiary/aromatic N) is 3. The number of carbonyl (C=O) groups excluding carboxylic acids is 1. The number of likely N-dealkylation sites (N-methyl/N-ethyl adjacent to an activating group) is 1. The molecule has 4 heterocycles. The molecule has 4 atom stereocenters. The molecule has 26 heavy (non-hydrogen) atoms. The molecule has 0 aromatic heterocycles. The first kappa shape index (κ1) is 17.2. The summed E-state index contributed by atoms with van der Waals surface area (Å²) in [5, 5.41) is 9.92. The van der Waals surface area contributed by atoms with E-state index in [4.69, 9.17) is 11.6 Å². The Balaban J connectivity index is 1.59. The van der Waals surface area contributed by atoms with Gasteiger partial charge in [-0.05, 0) is 19.4 Å². The SMILES string of the molecule is CN1CCC(NC2N=C(C3=CNC4NC=C(Cl)C=C34)N=CC2(C)F)C1=O. The molecule has 0 radical (unpaired) electrons. The van der Waals surface area contributed by atoms with E-state index in [1.807, 2.05) is 6.08 Å². The fourth-order valence-electron chi connectivity index (χ4n) is 3.39. The van der Waals surface area contributed by atoms with Crippen molar-refractivity contribution in [3.8, 4) is 0 Å². The molecule has 1 fully saturated rings. The second-order valence-corrected chi connectivity index (χ2v) is 7.42. The van der Waals surface area contributed by atoms with Crippen LogP contribution in [0.1, 0.15) is 13.3 Å². The van der Waals surface area contributed by atoms with Crippen LogP contribution in [0.3, 0.4) is 0 Å². The van der Waals surface area contributed by atoms with Gasteiger partial charge in [0.05, 0.1) is 11.1 Å². The van der Waals surface area contributed by atoms with Crippen LogP contribution in [-0.4, -0.2) is 60.5 Å². The van der Waals surface area contributed by atoms with Crippen LogP contribution in [0, 0.1) is 0 Å². The van der Waals surface area contributed by atoms with E-state index < -0.39 is 17.9 Å². The molecule has 7 nitrogen and oxygen atoms in total. The molecule has 9 heteroatoms. The molecule has 4 aliphatic rings. The second kappa shape index (κ2) is 6.21. The van der Waals surface area contributed by atoms with E-state index in [0.29, 0.717) is 23.8 Å². The standard InChI is InChI=1S/C17H20ClFN6O/c1-17(19)8-22-14(11-7-21-13-10(11)5-9(18)6-20-13)24-16(17)23-12-3-4-25(2)15(12)26/h5-8,12-13,16,20-21,23H,3-4H2,1-2H3. The van der Waals surface area contributed by atoms with Gasteiger partial charge in [-0.1, -0.05) is 11.6 Å². The summed E-state index contributed by atoms with van der Waals surface area (Å²) in [5.41, 5.74) is -0.137. The zero-order valence-corrected chi connectivity index (χ0v) is 15.2. The van der Waals surface area contributed by atoms with Crippen molar-refractivity contribution < 1.29 is 9.18 Å². The molecule has 0 spiro atoms. The molecule has 3 N–H and O–H groups in total. The highest BCUT2D eigenvalue weighted by molar-refractivity contribution is 6.31. The van der Waals surface area contributed by atoms with Crippen LogP contribution >= 0.6 is 11.6 Å². The zero-order chi connectivity index (χ0) is 18.5. The maximum Gasteiger partial charge on any atom is 0.239 e. The van der Waals surface area contributed by atoms with Gasteiger partial charge in [-0.15, -0.1) is 0 Å². The van der Waals surface area contributed by atoms with E-state index in [2.05, 4.69) is 25.9 Å². The Hall–Kier alpha value is -2.19. The van der Waals surface area contributed by atoms with Crippen molar-refractivity contribution in [2.45, 2.75) is 37.4 Å². The van der Waals surface area contributed by atoms with Crippen LogP contribution in [0.5, 0.6) is 0 Å². The number of alkyl halides is 1. The van der Waals surface area contributed by atoms with Crippen LogP contribution in [0.15, 0.2) is 44.6 Å². The monoisotopic (exact) mass is 378 g/mol. The third-order valence-corrected chi connectivity index (χ3v) is 5.17. The first-order chi connectivity index (χ1) is 12.3. The lowest BCUT2D eigenvalue weighted by Gasteiger charge is -2.30. The number of hydrogen-bond donors (Lipinski definition) is 3. The summed E-state index contributed by atoms with van der Waals surface area (Å²) < 4.78 is 14.9. The summed E-state index contributed by atoms with van der Waals surface area (Å²) in [5.74, 6) is 0.365. The number of rotatable bonds is 3. The zero-order valence-electron chi connectivity index (χ0n) is 14.5. The van der Waals surface area contributed by atoms with E-state index in [1.54, 1.807) is 24.3 Å². The fraction of sp³-hybridized carbons (Fsp3) is 0.471. The molecular formula is C17H20ClFN6O. The Morgan fingerprint density at radius 2 is 2.19 bits per heavy atom. The largest absolute Gasteiger partial charge is 0.367 e. The number of halogens is 2. The van der Waals surface area contributed by atoms with E-state index in [-0.39, 0.29) is 12.1 Å². The summed E-state index contributed by atoms with van der Waals surface area (Å²) in [7, 11) is 1.74. The predicted octanol–water partition coefficient (Wildman–Crippen LogP) is 0.767. The van der Waals surface area contributed by atoms with Crippen molar-refractivity contribution in [3.05, 3.63) is 34.7 Å². The van der Waals surface area contributed by atoms with Crippen LogP contribution in [0.25, 0.3) is 0 Å². The Morgan fingerprint density at radius 3 is 2.92 bits per heavy atom. The number of hydrogen-bond acceptors (Lipinski definition) is 6. The first-order valence-electron chi connectivity index (χ1n) is 8.48. The Labute approximate surface area is 155 Å². The molecule has 138 valence electrons. The van der Waals surface area contributed by atoms with Gasteiger partial charge >= 0.3 is 0 Å². The summed E-state index contributed by atoms with van der Waals surface area (Å²) in [4.78, 5) is 22.5. The van der Waals surface area contributed by atoms with Crippen molar-refractivity contribution in [1.82, 2.24) is 20.9 Å². The molecule has 4 aliphatic heterocycles. The molecule has 0 aliphatic carbocycles. The molecule has 1 saturated heterocycles. The first-order valence-corrected chi connectivity index (χ1v) is 8.86. The molecular weight excluding hydrogens is 359 g/mol. The highest BCUT2D eigenvalue weighted by Crippen LogP contribution is 2.29. The fourth-order valence-corrected chi connectivity index (χ4v) is 3.57. The third-order valence-electron chi connectivity index (χ3n) is 4.95. The van der Waals surface area contributed by atoms with Gasteiger partial charge in [-0.25, -0.2) is 14.4 Å². The van der Waals surface area contributed by atoms with Crippen LogP contribution < -0.4 is 16.0 Å². The molecule has 0 aromatic carbocycles. The van der Waals surface area contributed by atoms with E-state index >= 15 is 0 Å². The van der Waals surface area contributed by atoms with Crippen molar-refractivity contribution in [2.75, 3.05) is 13.6 Å². The van der Waals surface area contributed by atoms with Crippen LogP contribution in [0.4, 0.5) is 4.39 Å². The molecule has 4 rings (SSSR count). The van der Waals surface area contributed by atoms with Gasteiger partial charge in [0, 0.05) is 43.4 Å². The average molecular weight is 379 g/mol. The topological polar surface area (TPSA) is 81.1 Å². The maximum absolute atomic E-state index is 14.9. The Kier molecular flexibility index (Phi) is 4.11. The number of nitrogens with one attached hydrogen (secondary N) is 3. The van der Waals surface area contributed by atoms with E-state index in [1.165, 1.54) is 13.1 Å². The number of aliphatic imine (C=N–C) groups is 2. The summed E-state index contributed by atoms with van der Waals surface area (Å²) in [6.45, 7) is 2.06. The number of allylic oxidation sites excluding steroid dienone is 2. The smallest absolute Gasteiger partial charge is 0.239 e. The average Bonchev–Trinajstić information content (AvgIpc) is 3.14. The minimum atomic E-state index is -1.78. The van der Waals surface area contributed by atoms with Gasteiger partial charge < -0.3 is 15.5 Å². The van der Waals surface area contributed by atoms with Crippen molar-refractivity contribution >= 4 is 29.6 Å². The molecule has 0 aromatic rings. The van der Waals surface area contributed by atoms with Crippen LogP contribution in [0.2, 0.25) is 0 Å². The second-order valence-electron chi connectivity index (χ2n) is 6.99. The number of amides is 1. The Morgan fingerprint density at radius 1 is 1.42 bits per heavy atom. The third kappa shape index (κ3) is 2.93. The molecule has 0 bridgehead atoms. The molecule has 4 unspecified atom stereocenters. The number of likely N-dealkylation sites (tertiary alicyclic amines) is 1. The molecule has 0 saturated carbocycles. The highest BCUT2D eigenvalue weighted by atomic mass is 35.5. The quantitative estimate of drug-likeness (QED) is 0.677. The summed E-state index contributed by atoms with van der Waals surface area (Å²) in [6, 6.07) is -0.437. The number of dihydropyridines is 1. The Bertz CT molecular complexity index is 799. The number of amidine groups is 1. The predicted molar refractivity (Wildman–Crippen MR) is 98.6 cm³/mol. The van der Waals surface area contributed by atoms with Gasteiger partial charge in [-0.3, -0.25) is 10.1 Å². The van der Waals surface area contributed by atoms with Crippen molar-refractivity contribution in [3.63, 3.8) is 0 Å². The summed E-state index contributed by atoms with van der Waals surface area (Å²) in [6.07, 6.45) is 6.20. The van der Waals surface area contributed by atoms with E-state index in [0.717, 1.165) is 11.1 Å². The highest BCUT2D eigenvalue weighted by Gasteiger charge is 2.41. The minimum absolute atomic E-state index is 0.0435. The lowest BCUT2D eigenvalue weighted by Crippen LogP contribution is -2.53. The minimum Gasteiger partial charge on any atom is -0.367 e.